The molecule has 0 aliphatic heterocycles. The minimum atomic E-state index is 0.193. The molecule has 0 aliphatic rings. The molecule has 1 atom stereocenters. The highest BCUT2D eigenvalue weighted by Crippen LogP contribution is 2.12. The third kappa shape index (κ3) is 4.18. The highest BCUT2D eigenvalue weighted by Gasteiger charge is 2.03. The quantitative estimate of drug-likeness (QED) is 0.744. The lowest BCUT2D eigenvalue weighted by molar-refractivity contribution is 0.305. The van der Waals surface area contributed by atoms with Gasteiger partial charge in [-0.1, -0.05) is 6.92 Å². The van der Waals surface area contributed by atoms with Gasteiger partial charge in [0.05, 0.1) is 6.61 Å². The summed E-state index contributed by atoms with van der Waals surface area (Å²) in [4.78, 5) is 8.12. The maximum absolute atomic E-state index is 5.41. The molecule has 1 aromatic heterocycles. The first-order valence-corrected chi connectivity index (χ1v) is 5.41. The lowest BCUT2D eigenvalue weighted by Gasteiger charge is -2.12. The number of hydrogen-bond donors (Lipinski definition) is 1. The van der Waals surface area contributed by atoms with Crippen molar-refractivity contribution in [3.63, 3.8) is 0 Å². The lowest BCUT2D eigenvalue weighted by Crippen LogP contribution is -2.15. The third-order valence-electron chi connectivity index (χ3n) is 1.91. The van der Waals surface area contributed by atoms with Crippen molar-refractivity contribution in [1.82, 2.24) is 9.97 Å². The van der Waals surface area contributed by atoms with Gasteiger partial charge in [0.25, 0.3) is 0 Å². The van der Waals surface area contributed by atoms with Gasteiger partial charge in [-0.05, 0) is 13.3 Å². The molecule has 16 heavy (non-hydrogen) atoms. The van der Waals surface area contributed by atoms with Crippen molar-refractivity contribution in [3.05, 3.63) is 12.4 Å². The van der Waals surface area contributed by atoms with E-state index in [9.17, 15) is 0 Å². The van der Waals surface area contributed by atoms with Crippen molar-refractivity contribution >= 4 is 5.82 Å². The average molecular weight is 219 g/mol. The van der Waals surface area contributed by atoms with E-state index in [-0.39, 0.29) is 6.04 Å². The highest BCUT2D eigenvalue weighted by atomic mass is 16.5. The number of terminal acetylenes is 1. The summed E-state index contributed by atoms with van der Waals surface area (Å²) in [5.74, 6) is 3.93. The van der Waals surface area contributed by atoms with Gasteiger partial charge in [-0.2, -0.15) is 0 Å². The van der Waals surface area contributed by atoms with E-state index in [0.717, 1.165) is 12.2 Å². The molecule has 1 rings (SSSR count). The molecule has 4 heteroatoms. The average Bonchev–Trinajstić information content (AvgIpc) is 2.27. The molecule has 0 spiro atoms. The number of rotatable bonds is 6. The molecule has 1 N–H and O–H groups in total. The summed E-state index contributed by atoms with van der Waals surface area (Å²) < 4.78 is 5.41. The van der Waals surface area contributed by atoms with Crippen LogP contribution in [0.4, 0.5) is 5.82 Å². The topological polar surface area (TPSA) is 47.0 Å². The minimum absolute atomic E-state index is 0.193. The van der Waals surface area contributed by atoms with Gasteiger partial charge in [0.15, 0.2) is 0 Å². The maximum Gasteiger partial charge on any atom is 0.218 e. The first-order valence-electron chi connectivity index (χ1n) is 5.41. The van der Waals surface area contributed by atoms with Gasteiger partial charge in [0, 0.05) is 18.5 Å². The summed E-state index contributed by atoms with van der Waals surface area (Å²) in [6.07, 6.45) is 8.33. The fourth-order valence-corrected chi connectivity index (χ4v) is 1.18. The van der Waals surface area contributed by atoms with E-state index < -0.39 is 0 Å². The molecule has 4 nitrogen and oxygen atoms in total. The minimum Gasteiger partial charge on any atom is -0.478 e. The molecule has 0 radical (unpaired) electrons. The molecule has 86 valence electrons. The molecule has 0 fully saturated rings. The summed E-state index contributed by atoms with van der Waals surface area (Å²) >= 11 is 0. The van der Waals surface area contributed by atoms with Crippen LogP contribution in [-0.2, 0) is 0 Å². The first kappa shape index (κ1) is 12.3. The van der Waals surface area contributed by atoms with E-state index in [1.807, 2.05) is 6.92 Å². The van der Waals surface area contributed by atoms with Crippen molar-refractivity contribution in [2.24, 2.45) is 0 Å². The predicted octanol–water partition coefficient (Wildman–Crippen LogP) is 2.09. The Morgan fingerprint density at radius 1 is 1.56 bits per heavy atom. The van der Waals surface area contributed by atoms with Crippen molar-refractivity contribution in [1.29, 1.82) is 0 Å². The molecule has 0 aromatic carbocycles. The van der Waals surface area contributed by atoms with Crippen molar-refractivity contribution in [2.45, 2.75) is 32.7 Å². The monoisotopic (exact) mass is 219 g/mol. The zero-order valence-electron chi connectivity index (χ0n) is 9.73. The predicted molar refractivity (Wildman–Crippen MR) is 64.4 cm³/mol. The summed E-state index contributed by atoms with van der Waals surface area (Å²) in [5.41, 5.74) is 0. The van der Waals surface area contributed by atoms with Crippen molar-refractivity contribution in [3.8, 4) is 18.2 Å². The second kappa shape index (κ2) is 6.67. The smallest absolute Gasteiger partial charge is 0.218 e. The third-order valence-corrected chi connectivity index (χ3v) is 1.91. The Bertz CT molecular complexity index is 360. The summed E-state index contributed by atoms with van der Waals surface area (Å²) in [7, 11) is 0. The van der Waals surface area contributed by atoms with E-state index in [4.69, 9.17) is 11.2 Å². The molecule has 1 unspecified atom stereocenters. The summed E-state index contributed by atoms with van der Waals surface area (Å²) in [6, 6.07) is 1.97. The molecule has 1 aromatic rings. The SMILES string of the molecule is C#CCC(C)Nc1cc(OCCC)ncn1. The zero-order valence-corrected chi connectivity index (χ0v) is 9.73. The second-order valence-corrected chi connectivity index (χ2v) is 3.54. The maximum atomic E-state index is 5.41. The van der Waals surface area contributed by atoms with Crippen LogP contribution in [0.3, 0.4) is 0 Å². The first-order chi connectivity index (χ1) is 7.76. The van der Waals surface area contributed by atoms with E-state index >= 15 is 0 Å². The van der Waals surface area contributed by atoms with Crippen molar-refractivity contribution < 1.29 is 4.74 Å². The Hall–Kier alpha value is -1.76. The number of aromatic nitrogens is 2. The Morgan fingerprint density at radius 2 is 2.38 bits per heavy atom. The van der Waals surface area contributed by atoms with Gasteiger partial charge in [0.1, 0.15) is 12.1 Å². The summed E-state index contributed by atoms with van der Waals surface area (Å²) in [6.45, 7) is 4.72. The molecule has 1 heterocycles. The zero-order chi connectivity index (χ0) is 11.8. The molecule has 0 amide bonds. The fourth-order valence-electron chi connectivity index (χ4n) is 1.18. The largest absolute Gasteiger partial charge is 0.478 e. The lowest BCUT2D eigenvalue weighted by atomic mass is 10.2. The van der Waals surface area contributed by atoms with E-state index in [0.29, 0.717) is 18.9 Å². The molecular formula is C12H17N3O. The molecule has 0 saturated carbocycles. The van der Waals surface area contributed by atoms with Crippen LogP contribution in [0.25, 0.3) is 0 Å². The number of anilines is 1. The van der Waals surface area contributed by atoms with Gasteiger partial charge in [-0.15, -0.1) is 12.3 Å². The Labute approximate surface area is 96.5 Å². The number of nitrogens with zero attached hydrogens (tertiary/aromatic N) is 2. The molecule has 0 bridgehead atoms. The van der Waals surface area contributed by atoms with Crippen LogP contribution < -0.4 is 10.1 Å². The highest BCUT2D eigenvalue weighted by molar-refractivity contribution is 5.38. The summed E-state index contributed by atoms with van der Waals surface area (Å²) in [5, 5.41) is 3.19. The van der Waals surface area contributed by atoms with Gasteiger partial charge in [-0.25, -0.2) is 9.97 Å². The Kier molecular flexibility index (Phi) is 5.13. The van der Waals surface area contributed by atoms with Crippen LogP contribution >= 0.6 is 0 Å². The fraction of sp³-hybridized carbons (Fsp3) is 0.500. The Morgan fingerprint density at radius 3 is 3.06 bits per heavy atom. The van der Waals surface area contributed by atoms with E-state index in [1.54, 1.807) is 6.07 Å². The molecule has 0 aliphatic carbocycles. The van der Waals surface area contributed by atoms with Gasteiger partial charge >= 0.3 is 0 Å². The number of nitrogens with one attached hydrogen (secondary N) is 1. The van der Waals surface area contributed by atoms with Gasteiger partial charge in [0.2, 0.25) is 5.88 Å². The molecular weight excluding hydrogens is 202 g/mol. The standard InChI is InChI=1S/C12H17N3O/c1-4-6-10(3)15-11-8-12(14-9-13-11)16-7-5-2/h1,8-10H,5-7H2,2-3H3,(H,13,14,15). The van der Waals surface area contributed by atoms with Crippen LogP contribution in [0.1, 0.15) is 26.7 Å². The number of ether oxygens (including phenoxy) is 1. The molecule has 0 saturated heterocycles. The normalized spacial score (nSPS) is 11.6. The van der Waals surface area contributed by atoms with E-state index in [2.05, 4.69) is 28.1 Å². The van der Waals surface area contributed by atoms with E-state index in [1.165, 1.54) is 6.33 Å². The van der Waals surface area contributed by atoms with Crippen LogP contribution in [0.5, 0.6) is 5.88 Å². The van der Waals surface area contributed by atoms with Crippen LogP contribution in [-0.4, -0.2) is 22.6 Å². The van der Waals surface area contributed by atoms with Crippen LogP contribution in [0, 0.1) is 12.3 Å². The van der Waals surface area contributed by atoms with Crippen LogP contribution in [0.2, 0.25) is 0 Å². The van der Waals surface area contributed by atoms with Crippen LogP contribution in [0.15, 0.2) is 12.4 Å². The van der Waals surface area contributed by atoms with Gasteiger partial charge < -0.3 is 10.1 Å². The Balaban J connectivity index is 2.57. The second-order valence-electron chi connectivity index (χ2n) is 3.54. The van der Waals surface area contributed by atoms with Crippen molar-refractivity contribution in [2.75, 3.05) is 11.9 Å². The van der Waals surface area contributed by atoms with Gasteiger partial charge in [-0.3, -0.25) is 0 Å². The number of hydrogen-bond acceptors (Lipinski definition) is 4.